The Morgan fingerprint density at radius 1 is 1.42 bits per heavy atom. The third-order valence-electron chi connectivity index (χ3n) is 4.07. The fraction of sp³-hybridized carbons (Fsp3) is 0.611. The Kier molecular flexibility index (Phi) is 7.62. The molecular weight excluding hydrogens is 341 g/mol. The van der Waals surface area contributed by atoms with Crippen LogP contribution in [0.1, 0.15) is 19.4 Å². The van der Waals surface area contributed by atoms with Crippen LogP contribution in [0.5, 0.6) is 0 Å². The van der Waals surface area contributed by atoms with E-state index in [4.69, 9.17) is 15.2 Å². The van der Waals surface area contributed by atoms with Crippen LogP contribution < -0.4 is 16.0 Å². The van der Waals surface area contributed by atoms with E-state index in [1.54, 1.807) is 12.1 Å². The number of amides is 1. The van der Waals surface area contributed by atoms with Gasteiger partial charge in [0.05, 0.1) is 37.3 Å². The van der Waals surface area contributed by atoms with Gasteiger partial charge < -0.3 is 25.2 Å². The van der Waals surface area contributed by atoms with Crippen molar-refractivity contribution in [3.63, 3.8) is 0 Å². The van der Waals surface area contributed by atoms with Crippen molar-refractivity contribution in [2.24, 2.45) is 11.7 Å². The number of carbonyl (C=O) groups is 1. The summed E-state index contributed by atoms with van der Waals surface area (Å²) in [7, 11) is 0. The Hall–Kier alpha value is -1.90. The Balaban J connectivity index is 2.25. The monoisotopic (exact) mass is 369 g/mol. The van der Waals surface area contributed by atoms with Gasteiger partial charge in [0.2, 0.25) is 0 Å². The highest BCUT2D eigenvalue weighted by Gasteiger charge is 2.22. The van der Waals surface area contributed by atoms with Gasteiger partial charge in [-0.05, 0) is 18.1 Å². The second kappa shape index (κ2) is 9.70. The quantitative estimate of drug-likeness (QED) is 0.677. The molecule has 0 saturated carbocycles. The summed E-state index contributed by atoms with van der Waals surface area (Å²) >= 11 is 0. The molecule has 1 aliphatic heterocycles. The minimum absolute atomic E-state index is 0.000305. The summed E-state index contributed by atoms with van der Waals surface area (Å²) in [4.78, 5) is 13.8. The van der Waals surface area contributed by atoms with E-state index >= 15 is 4.39 Å². The molecule has 1 aromatic rings. The lowest BCUT2D eigenvalue weighted by Crippen LogP contribution is -2.37. The number of aliphatic hydroxyl groups is 1. The highest BCUT2D eigenvalue weighted by Crippen LogP contribution is 2.30. The second-order valence-corrected chi connectivity index (χ2v) is 6.74. The van der Waals surface area contributed by atoms with Crippen molar-refractivity contribution in [3.8, 4) is 0 Å². The number of morpholine rings is 1. The summed E-state index contributed by atoms with van der Waals surface area (Å²) in [5.41, 5.74) is 6.39. The lowest BCUT2D eigenvalue weighted by molar-refractivity contribution is 0.122. The first-order valence-corrected chi connectivity index (χ1v) is 8.88. The number of hydrogen-bond acceptors (Lipinski definition) is 6. The zero-order chi connectivity index (χ0) is 19.1. The number of ether oxygens (including phenoxy) is 2. The number of anilines is 2. The van der Waals surface area contributed by atoms with Gasteiger partial charge >= 0.3 is 6.09 Å². The highest BCUT2D eigenvalue weighted by atomic mass is 19.1. The third kappa shape index (κ3) is 5.55. The van der Waals surface area contributed by atoms with Crippen molar-refractivity contribution in [3.05, 3.63) is 23.5 Å². The average molecular weight is 369 g/mol. The van der Waals surface area contributed by atoms with Gasteiger partial charge in [-0.15, -0.1) is 0 Å². The van der Waals surface area contributed by atoms with Crippen LogP contribution in [-0.4, -0.2) is 56.8 Å². The van der Waals surface area contributed by atoms with Gasteiger partial charge in [0.1, 0.15) is 0 Å². The molecule has 7 nitrogen and oxygen atoms in total. The number of aliphatic hydroxyl groups excluding tert-OH is 1. The van der Waals surface area contributed by atoms with E-state index in [0.29, 0.717) is 32.0 Å². The predicted molar refractivity (Wildman–Crippen MR) is 98.0 cm³/mol. The van der Waals surface area contributed by atoms with Crippen molar-refractivity contribution in [2.75, 3.05) is 49.7 Å². The van der Waals surface area contributed by atoms with Crippen molar-refractivity contribution in [2.45, 2.75) is 26.4 Å². The normalized spacial score (nSPS) is 15.8. The molecule has 146 valence electrons. The minimum atomic E-state index is -0.906. The van der Waals surface area contributed by atoms with E-state index in [9.17, 15) is 9.90 Å². The number of carbonyl (C=O) groups excluding carboxylic acids is 1. The number of nitrogens with one attached hydrogen (secondary N) is 1. The summed E-state index contributed by atoms with van der Waals surface area (Å²) < 4.78 is 25.5. The first kappa shape index (κ1) is 20.4. The molecule has 1 aliphatic rings. The Morgan fingerprint density at radius 2 is 2.12 bits per heavy atom. The van der Waals surface area contributed by atoms with Gasteiger partial charge in [-0.25, -0.2) is 9.18 Å². The van der Waals surface area contributed by atoms with Crippen LogP contribution in [0.25, 0.3) is 0 Å². The summed E-state index contributed by atoms with van der Waals surface area (Å²) in [5.74, 6) is -0.277. The zero-order valence-electron chi connectivity index (χ0n) is 15.3. The summed E-state index contributed by atoms with van der Waals surface area (Å²) in [6.45, 7) is 6.33. The number of nitrogens with zero attached hydrogens (tertiary/aromatic N) is 1. The van der Waals surface area contributed by atoms with Crippen molar-refractivity contribution >= 4 is 17.5 Å². The molecule has 1 aromatic carbocycles. The smallest absolute Gasteiger partial charge is 0.411 e. The van der Waals surface area contributed by atoms with Crippen LogP contribution in [0, 0.1) is 11.7 Å². The minimum Gasteiger partial charge on any atom is -0.449 e. The molecule has 1 fully saturated rings. The average Bonchev–Trinajstić information content (AvgIpc) is 2.63. The first-order valence-electron chi connectivity index (χ1n) is 8.88. The first-order chi connectivity index (χ1) is 12.4. The molecule has 1 unspecified atom stereocenters. The van der Waals surface area contributed by atoms with Gasteiger partial charge in [-0.1, -0.05) is 13.8 Å². The Morgan fingerprint density at radius 3 is 2.73 bits per heavy atom. The van der Waals surface area contributed by atoms with E-state index in [1.807, 2.05) is 18.7 Å². The van der Waals surface area contributed by atoms with Crippen LogP contribution in [0.2, 0.25) is 0 Å². The number of halogens is 1. The predicted octanol–water partition coefficient (Wildman–Crippen LogP) is 1.73. The summed E-state index contributed by atoms with van der Waals surface area (Å²) in [5, 5.41) is 12.5. The van der Waals surface area contributed by atoms with Crippen molar-refractivity contribution in [1.82, 2.24) is 0 Å². The van der Waals surface area contributed by atoms with E-state index in [2.05, 4.69) is 5.32 Å². The lowest BCUT2D eigenvalue weighted by atomic mass is 10.0. The van der Waals surface area contributed by atoms with Gasteiger partial charge in [0.15, 0.2) is 5.82 Å². The number of nitrogens with two attached hydrogens (primary N) is 1. The molecule has 0 spiro atoms. The fourth-order valence-corrected chi connectivity index (χ4v) is 2.68. The van der Waals surface area contributed by atoms with Crippen molar-refractivity contribution < 1.29 is 23.8 Å². The molecule has 0 radical (unpaired) electrons. The maximum Gasteiger partial charge on any atom is 0.411 e. The third-order valence-corrected chi connectivity index (χ3v) is 4.07. The molecule has 1 heterocycles. The van der Waals surface area contributed by atoms with E-state index in [-0.39, 0.29) is 36.7 Å². The van der Waals surface area contributed by atoms with Gasteiger partial charge in [-0.3, -0.25) is 5.32 Å². The van der Waals surface area contributed by atoms with Crippen LogP contribution in [0.15, 0.2) is 12.1 Å². The number of rotatable bonds is 7. The lowest BCUT2D eigenvalue weighted by Gasteiger charge is -2.30. The van der Waals surface area contributed by atoms with Crippen LogP contribution in [0.4, 0.5) is 20.6 Å². The Labute approximate surface area is 153 Å². The SMILES string of the molecule is CC(C)COC(=O)Nc1ccc(N2CCOCC2)c(F)c1CC(O)CN. The standard InChI is InChI=1S/C18H28FN3O4/c1-12(2)11-26-18(24)21-15-3-4-16(22-5-7-25-8-6-22)17(19)14(15)9-13(23)10-20/h3-4,12-13,23H,5-11,20H2,1-2H3,(H,21,24). The molecular formula is C18H28FN3O4. The van der Waals surface area contributed by atoms with Gasteiger partial charge in [0.25, 0.3) is 0 Å². The highest BCUT2D eigenvalue weighted by molar-refractivity contribution is 5.86. The fourth-order valence-electron chi connectivity index (χ4n) is 2.68. The molecule has 1 atom stereocenters. The van der Waals surface area contributed by atoms with Gasteiger partial charge in [-0.2, -0.15) is 0 Å². The second-order valence-electron chi connectivity index (χ2n) is 6.74. The molecule has 0 aliphatic carbocycles. The van der Waals surface area contributed by atoms with E-state index < -0.39 is 18.0 Å². The number of hydrogen-bond donors (Lipinski definition) is 3. The van der Waals surface area contributed by atoms with Crippen molar-refractivity contribution in [1.29, 1.82) is 0 Å². The Bertz CT molecular complexity index is 606. The maximum atomic E-state index is 15.2. The topological polar surface area (TPSA) is 97.0 Å². The van der Waals surface area contributed by atoms with Crippen LogP contribution >= 0.6 is 0 Å². The molecule has 0 aromatic heterocycles. The summed E-state index contributed by atoms with van der Waals surface area (Å²) in [6, 6.07) is 3.25. The molecule has 4 N–H and O–H groups in total. The largest absolute Gasteiger partial charge is 0.449 e. The van der Waals surface area contributed by atoms with Crippen LogP contribution in [-0.2, 0) is 15.9 Å². The van der Waals surface area contributed by atoms with Crippen LogP contribution in [0.3, 0.4) is 0 Å². The van der Waals surface area contributed by atoms with E-state index in [1.165, 1.54) is 0 Å². The molecule has 1 amide bonds. The molecule has 0 bridgehead atoms. The molecule has 1 saturated heterocycles. The molecule has 26 heavy (non-hydrogen) atoms. The zero-order valence-corrected chi connectivity index (χ0v) is 15.3. The summed E-state index contributed by atoms with van der Waals surface area (Å²) in [6.07, 6.45) is -1.56. The molecule has 2 rings (SSSR count). The number of benzene rings is 1. The maximum absolute atomic E-state index is 15.2. The van der Waals surface area contributed by atoms with E-state index in [0.717, 1.165) is 0 Å². The van der Waals surface area contributed by atoms with Gasteiger partial charge in [0, 0.05) is 31.6 Å². The molecule has 8 heteroatoms.